The minimum atomic E-state index is -0.322. The second-order valence-electron chi connectivity index (χ2n) is 7.81. The molecule has 3 aromatic rings. The maximum Gasteiger partial charge on any atom is 0.263 e. The lowest BCUT2D eigenvalue weighted by atomic mass is 10.1. The molecule has 32 heavy (non-hydrogen) atoms. The number of amides is 1. The van der Waals surface area contributed by atoms with Crippen LogP contribution in [0.3, 0.4) is 0 Å². The van der Waals surface area contributed by atoms with Crippen LogP contribution >= 0.6 is 23.1 Å². The maximum atomic E-state index is 13.5. The number of thioether (sulfide) groups is 1. The first-order valence-electron chi connectivity index (χ1n) is 10.9. The highest BCUT2D eigenvalue weighted by molar-refractivity contribution is 8.00. The molecule has 0 bridgehead atoms. The van der Waals surface area contributed by atoms with Gasteiger partial charge in [0.1, 0.15) is 4.83 Å². The van der Waals surface area contributed by atoms with Gasteiger partial charge in [0.25, 0.3) is 5.56 Å². The molecule has 1 aliphatic heterocycles. The summed E-state index contributed by atoms with van der Waals surface area (Å²) in [6, 6.07) is 9.89. The van der Waals surface area contributed by atoms with Gasteiger partial charge in [0.05, 0.1) is 10.6 Å². The van der Waals surface area contributed by atoms with Crippen LogP contribution in [0.25, 0.3) is 21.3 Å². The van der Waals surface area contributed by atoms with Gasteiger partial charge >= 0.3 is 0 Å². The van der Waals surface area contributed by atoms with E-state index in [9.17, 15) is 9.59 Å². The predicted molar refractivity (Wildman–Crippen MR) is 134 cm³/mol. The average Bonchev–Trinajstić information content (AvgIpc) is 3.26. The van der Waals surface area contributed by atoms with Gasteiger partial charge in [-0.1, -0.05) is 55.1 Å². The molecule has 4 rings (SSSR count). The summed E-state index contributed by atoms with van der Waals surface area (Å²) < 4.78 is 1.64. The van der Waals surface area contributed by atoms with Gasteiger partial charge in [0.15, 0.2) is 5.16 Å². The lowest BCUT2D eigenvalue weighted by Gasteiger charge is -2.35. The van der Waals surface area contributed by atoms with E-state index in [1.807, 2.05) is 47.5 Å². The lowest BCUT2D eigenvalue weighted by Crippen LogP contribution is -2.50. The molecule has 0 aliphatic carbocycles. The number of carbonyl (C=O) groups excluding carboxylic acids is 1. The van der Waals surface area contributed by atoms with Crippen molar-refractivity contribution in [3.63, 3.8) is 0 Å². The number of hydrogen-bond acceptors (Lipinski definition) is 6. The van der Waals surface area contributed by atoms with E-state index in [0.29, 0.717) is 21.9 Å². The Morgan fingerprint density at radius 3 is 2.62 bits per heavy atom. The first-order chi connectivity index (χ1) is 15.5. The Morgan fingerprint density at radius 1 is 1.25 bits per heavy atom. The Bertz CT molecular complexity index is 1160. The van der Waals surface area contributed by atoms with Crippen LogP contribution in [-0.2, 0) is 11.3 Å². The van der Waals surface area contributed by atoms with E-state index in [4.69, 9.17) is 4.98 Å². The van der Waals surface area contributed by atoms with Gasteiger partial charge in [0.2, 0.25) is 5.91 Å². The fourth-order valence-corrected chi connectivity index (χ4v) is 5.96. The summed E-state index contributed by atoms with van der Waals surface area (Å²) in [7, 11) is 0. The van der Waals surface area contributed by atoms with E-state index in [-0.39, 0.29) is 16.7 Å². The van der Waals surface area contributed by atoms with Crippen molar-refractivity contribution in [2.45, 2.75) is 30.8 Å². The topological polar surface area (TPSA) is 58.4 Å². The number of hydrogen-bond donors (Lipinski definition) is 0. The van der Waals surface area contributed by atoms with Crippen LogP contribution in [-0.4, -0.2) is 63.2 Å². The van der Waals surface area contributed by atoms with Crippen molar-refractivity contribution in [2.75, 3.05) is 32.7 Å². The quantitative estimate of drug-likeness (QED) is 0.299. The van der Waals surface area contributed by atoms with Crippen molar-refractivity contribution < 1.29 is 4.79 Å². The molecule has 168 valence electrons. The van der Waals surface area contributed by atoms with E-state index < -0.39 is 0 Å². The highest BCUT2D eigenvalue weighted by atomic mass is 32.2. The van der Waals surface area contributed by atoms with E-state index in [0.717, 1.165) is 43.9 Å². The van der Waals surface area contributed by atoms with Crippen molar-refractivity contribution in [3.8, 4) is 11.1 Å². The fourth-order valence-electron chi connectivity index (χ4n) is 3.97. The molecule has 1 atom stereocenters. The van der Waals surface area contributed by atoms with Crippen molar-refractivity contribution in [2.24, 2.45) is 0 Å². The molecule has 3 heterocycles. The van der Waals surface area contributed by atoms with Gasteiger partial charge < -0.3 is 9.80 Å². The Kier molecular flexibility index (Phi) is 7.13. The number of fused-ring (bicyclic) bond motifs is 1. The van der Waals surface area contributed by atoms with Gasteiger partial charge in [-0.15, -0.1) is 17.9 Å². The predicted octanol–water partition coefficient (Wildman–Crippen LogP) is 3.96. The number of benzene rings is 1. The number of carbonyl (C=O) groups is 1. The molecule has 1 amide bonds. The smallest absolute Gasteiger partial charge is 0.263 e. The number of piperazine rings is 1. The molecule has 1 aliphatic rings. The van der Waals surface area contributed by atoms with E-state index in [2.05, 4.69) is 18.4 Å². The van der Waals surface area contributed by atoms with Gasteiger partial charge in [-0.3, -0.25) is 14.2 Å². The zero-order chi connectivity index (χ0) is 22.7. The minimum absolute atomic E-state index is 0.0892. The first kappa shape index (κ1) is 22.8. The third kappa shape index (κ3) is 4.53. The molecule has 1 saturated heterocycles. The van der Waals surface area contributed by atoms with Crippen LogP contribution < -0.4 is 5.56 Å². The Morgan fingerprint density at radius 2 is 1.97 bits per heavy atom. The summed E-state index contributed by atoms with van der Waals surface area (Å²) >= 11 is 2.82. The van der Waals surface area contributed by atoms with Crippen molar-refractivity contribution in [1.29, 1.82) is 0 Å². The van der Waals surface area contributed by atoms with E-state index >= 15 is 0 Å². The average molecular weight is 469 g/mol. The first-order valence-corrected chi connectivity index (χ1v) is 12.7. The molecule has 1 aromatic carbocycles. The maximum absolute atomic E-state index is 13.5. The number of allylic oxidation sites excluding steroid dienone is 1. The molecular weight excluding hydrogens is 440 g/mol. The van der Waals surface area contributed by atoms with Crippen LogP contribution in [0.5, 0.6) is 0 Å². The molecule has 0 spiro atoms. The van der Waals surface area contributed by atoms with Crippen LogP contribution in [0.2, 0.25) is 0 Å². The largest absolute Gasteiger partial charge is 0.339 e. The number of thiophene rings is 1. The van der Waals surface area contributed by atoms with Crippen molar-refractivity contribution >= 4 is 39.2 Å². The Balaban J connectivity index is 1.64. The summed E-state index contributed by atoms with van der Waals surface area (Å²) in [5.41, 5.74) is 1.81. The summed E-state index contributed by atoms with van der Waals surface area (Å²) in [6.45, 7) is 12.5. The zero-order valence-electron chi connectivity index (χ0n) is 18.5. The summed E-state index contributed by atoms with van der Waals surface area (Å²) in [5.74, 6) is 0.0985. The number of nitrogens with zero attached hydrogens (tertiary/aromatic N) is 4. The van der Waals surface area contributed by atoms with Gasteiger partial charge in [-0.2, -0.15) is 0 Å². The van der Waals surface area contributed by atoms with Crippen LogP contribution in [0.1, 0.15) is 13.8 Å². The minimum Gasteiger partial charge on any atom is -0.339 e. The van der Waals surface area contributed by atoms with Crippen LogP contribution in [0.15, 0.2) is 58.3 Å². The second-order valence-corrected chi connectivity index (χ2v) is 9.98. The molecule has 6 nitrogen and oxygen atoms in total. The third-order valence-electron chi connectivity index (χ3n) is 5.82. The number of aromatic nitrogens is 2. The van der Waals surface area contributed by atoms with Crippen molar-refractivity contribution in [3.05, 3.63) is 58.7 Å². The molecule has 8 heteroatoms. The summed E-state index contributed by atoms with van der Waals surface area (Å²) in [4.78, 5) is 36.3. The van der Waals surface area contributed by atoms with Gasteiger partial charge in [-0.05, 0) is 19.0 Å². The van der Waals surface area contributed by atoms with E-state index in [1.54, 1.807) is 10.6 Å². The molecule has 0 radical (unpaired) electrons. The molecule has 1 fully saturated rings. The lowest BCUT2D eigenvalue weighted by molar-refractivity contribution is -0.132. The van der Waals surface area contributed by atoms with Gasteiger partial charge in [-0.25, -0.2) is 4.98 Å². The van der Waals surface area contributed by atoms with Crippen LogP contribution in [0, 0.1) is 0 Å². The highest BCUT2D eigenvalue weighted by Crippen LogP contribution is 2.33. The summed E-state index contributed by atoms with van der Waals surface area (Å²) in [6.07, 6.45) is 1.70. The Labute approximate surface area is 196 Å². The third-order valence-corrected chi connectivity index (χ3v) is 7.77. The highest BCUT2D eigenvalue weighted by Gasteiger charge is 2.27. The number of likely N-dealkylation sites (N-methyl/N-ethyl adjacent to an activating group) is 1. The Hall–Kier alpha value is -2.42. The normalized spacial score (nSPS) is 15.8. The summed E-state index contributed by atoms with van der Waals surface area (Å²) in [5, 5.41) is 2.86. The molecule has 0 saturated carbocycles. The molecule has 0 N–H and O–H groups in total. The fraction of sp³-hybridized carbons (Fsp3) is 0.375. The van der Waals surface area contributed by atoms with Crippen LogP contribution in [0.4, 0.5) is 0 Å². The second kappa shape index (κ2) is 10.0. The van der Waals surface area contributed by atoms with E-state index in [1.165, 1.54) is 23.1 Å². The zero-order valence-corrected chi connectivity index (χ0v) is 20.1. The van der Waals surface area contributed by atoms with Gasteiger partial charge in [0, 0.05) is 43.7 Å². The molecular formula is C24H28N4O2S2. The number of rotatable bonds is 7. The SMILES string of the molecule is C=CCn1c(SC(C)C(=O)N2CCN(CC)CC2)nc2scc(-c3ccccc3)c2c1=O. The van der Waals surface area contributed by atoms with Crippen molar-refractivity contribution in [1.82, 2.24) is 19.4 Å². The monoisotopic (exact) mass is 468 g/mol. The molecule has 1 unspecified atom stereocenters. The standard InChI is InChI=1S/C24H28N4O2S2/c1-4-11-28-23(30)20-19(18-9-7-6-8-10-18)16-31-21(20)25-24(28)32-17(3)22(29)27-14-12-26(5-2)13-15-27/h4,6-10,16-17H,1,5,11-15H2,2-3H3. The molecule has 2 aromatic heterocycles.